The van der Waals surface area contributed by atoms with Crippen LogP contribution in [0.3, 0.4) is 0 Å². The van der Waals surface area contributed by atoms with E-state index in [4.69, 9.17) is 11.6 Å². The number of aliphatic hydroxyl groups is 1. The summed E-state index contributed by atoms with van der Waals surface area (Å²) in [6, 6.07) is 9.63. The lowest BCUT2D eigenvalue weighted by molar-refractivity contribution is -0.137. The fourth-order valence-corrected chi connectivity index (χ4v) is 2.26. The van der Waals surface area contributed by atoms with Gasteiger partial charge in [0, 0.05) is 10.6 Å². The maximum Gasteiger partial charge on any atom is 0.416 e. The molecule has 0 fully saturated rings. The van der Waals surface area contributed by atoms with Crippen LogP contribution in [0, 0.1) is 6.92 Å². The maximum atomic E-state index is 12.7. The molecule has 106 valence electrons. The summed E-state index contributed by atoms with van der Waals surface area (Å²) in [6.07, 6.45) is -5.63. The lowest BCUT2D eigenvalue weighted by atomic mass is 9.98. The molecule has 0 heterocycles. The van der Waals surface area contributed by atoms with Gasteiger partial charge >= 0.3 is 6.18 Å². The minimum atomic E-state index is -4.44. The van der Waals surface area contributed by atoms with Crippen LogP contribution >= 0.6 is 11.6 Å². The van der Waals surface area contributed by atoms with Crippen molar-refractivity contribution >= 4 is 11.6 Å². The van der Waals surface area contributed by atoms with Gasteiger partial charge in [0.15, 0.2) is 0 Å². The lowest BCUT2D eigenvalue weighted by Gasteiger charge is -2.15. The average Bonchev–Trinajstić information content (AvgIpc) is 2.37. The van der Waals surface area contributed by atoms with Crippen LogP contribution in [0.25, 0.3) is 0 Å². The largest absolute Gasteiger partial charge is 0.416 e. The molecule has 2 aromatic rings. The van der Waals surface area contributed by atoms with E-state index < -0.39 is 17.8 Å². The summed E-state index contributed by atoms with van der Waals surface area (Å²) in [7, 11) is 0. The summed E-state index contributed by atoms with van der Waals surface area (Å²) in [5.41, 5.74) is 0.662. The summed E-state index contributed by atoms with van der Waals surface area (Å²) in [5, 5.41) is 10.5. The second kappa shape index (κ2) is 5.46. The Balaban J connectivity index is 2.41. The van der Waals surface area contributed by atoms with Crippen molar-refractivity contribution in [2.45, 2.75) is 19.2 Å². The fourth-order valence-electron chi connectivity index (χ4n) is 1.92. The highest BCUT2D eigenvalue weighted by atomic mass is 35.5. The Kier molecular flexibility index (Phi) is 4.06. The van der Waals surface area contributed by atoms with Gasteiger partial charge in [-0.2, -0.15) is 13.2 Å². The molecule has 0 aromatic heterocycles. The molecule has 20 heavy (non-hydrogen) atoms. The van der Waals surface area contributed by atoms with E-state index in [-0.39, 0.29) is 5.56 Å². The number of aliphatic hydroxyl groups excluding tert-OH is 1. The molecule has 0 aliphatic heterocycles. The predicted octanol–water partition coefficient (Wildman–Crippen LogP) is 4.75. The molecule has 1 atom stereocenters. The molecular weight excluding hydrogens is 289 g/mol. The standard InChI is InChI=1S/C15H12ClF3O/c1-9-5-6-12(13(16)7-9)14(20)10-3-2-4-11(8-10)15(17,18)19/h2-8,14,20H,1H3. The van der Waals surface area contributed by atoms with E-state index in [1.165, 1.54) is 12.1 Å². The lowest BCUT2D eigenvalue weighted by Crippen LogP contribution is -2.07. The van der Waals surface area contributed by atoms with E-state index in [0.717, 1.165) is 17.7 Å². The number of aryl methyl sites for hydroxylation is 1. The number of halogens is 4. The minimum absolute atomic E-state index is 0.158. The smallest absolute Gasteiger partial charge is 0.384 e. The van der Waals surface area contributed by atoms with Gasteiger partial charge < -0.3 is 5.11 Å². The second-order valence-corrected chi connectivity index (χ2v) is 4.96. The van der Waals surface area contributed by atoms with E-state index in [1.807, 2.05) is 6.92 Å². The SMILES string of the molecule is Cc1ccc(C(O)c2cccc(C(F)(F)F)c2)c(Cl)c1. The van der Waals surface area contributed by atoms with Crippen molar-refractivity contribution in [3.63, 3.8) is 0 Å². The van der Waals surface area contributed by atoms with Crippen LogP contribution in [-0.4, -0.2) is 5.11 Å². The molecule has 0 amide bonds. The van der Waals surface area contributed by atoms with Crippen molar-refractivity contribution in [1.82, 2.24) is 0 Å². The van der Waals surface area contributed by atoms with Crippen LogP contribution in [-0.2, 0) is 6.18 Å². The molecule has 0 aliphatic rings. The molecular formula is C15H12ClF3O. The third kappa shape index (κ3) is 3.14. The zero-order chi connectivity index (χ0) is 14.9. The van der Waals surface area contributed by atoms with E-state index in [9.17, 15) is 18.3 Å². The zero-order valence-corrected chi connectivity index (χ0v) is 11.3. The first kappa shape index (κ1) is 14.9. The van der Waals surface area contributed by atoms with Crippen LogP contribution in [0.15, 0.2) is 42.5 Å². The molecule has 5 heteroatoms. The number of hydrogen-bond acceptors (Lipinski definition) is 1. The molecule has 0 saturated heterocycles. The molecule has 0 spiro atoms. The van der Waals surface area contributed by atoms with Gasteiger partial charge in [0.25, 0.3) is 0 Å². The summed E-state index contributed by atoms with van der Waals surface area (Å²) in [4.78, 5) is 0. The monoisotopic (exact) mass is 300 g/mol. The number of hydrogen-bond donors (Lipinski definition) is 1. The van der Waals surface area contributed by atoms with Crippen molar-refractivity contribution in [1.29, 1.82) is 0 Å². The molecule has 2 rings (SSSR count). The Morgan fingerprint density at radius 1 is 1.10 bits per heavy atom. The van der Waals surface area contributed by atoms with E-state index >= 15 is 0 Å². The Labute approximate surface area is 119 Å². The highest BCUT2D eigenvalue weighted by Crippen LogP contribution is 2.33. The van der Waals surface area contributed by atoms with Gasteiger partial charge in [-0.15, -0.1) is 0 Å². The van der Waals surface area contributed by atoms with E-state index in [0.29, 0.717) is 10.6 Å². The Morgan fingerprint density at radius 2 is 1.80 bits per heavy atom. The van der Waals surface area contributed by atoms with Crippen LogP contribution in [0.2, 0.25) is 5.02 Å². The quantitative estimate of drug-likeness (QED) is 0.848. The van der Waals surface area contributed by atoms with Crippen molar-refractivity contribution in [3.8, 4) is 0 Å². The number of alkyl halides is 3. The first-order valence-corrected chi connectivity index (χ1v) is 6.28. The molecule has 0 saturated carbocycles. The van der Waals surface area contributed by atoms with Gasteiger partial charge in [-0.05, 0) is 36.2 Å². The summed E-state index contributed by atoms with van der Waals surface area (Å²) >= 11 is 6.02. The van der Waals surface area contributed by atoms with Gasteiger partial charge in [0.1, 0.15) is 6.10 Å². The molecule has 0 aliphatic carbocycles. The first-order valence-electron chi connectivity index (χ1n) is 5.90. The van der Waals surface area contributed by atoms with E-state index in [1.54, 1.807) is 18.2 Å². The fraction of sp³-hybridized carbons (Fsp3) is 0.200. The maximum absolute atomic E-state index is 12.7. The van der Waals surface area contributed by atoms with Crippen LogP contribution in [0.5, 0.6) is 0 Å². The van der Waals surface area contributed by atoms with Crippen molar-refractivity contribution < 1.29 is 18.3 Å². The summed E-state index contributed by atoms with van der Waals surface area (Å²) in [5.74, 6) is 0. The molecule has 1 nitrogen and oxygen atoms in total. The highest BCUT2D eigenvalue weighted by Gasteiger charge is 2.31. The van der Waals surface area contributed by atoms with E-state index in [2.05, 4.69) is 0 Å². The minimum Gasteiger partial charge on any atom is -0.384 e. The third-order valence-electron chi connectivity index (χ3n) is 2.98. The summed E-state index contributed by atoms with van der Waals surface area (Å²) < 4.78 is 38.0. The zero-order valence-electron chi connectivity index (χ0n) is 10.6. The Morgan fingerprint density at radius 3 is 2.40 bits per heavy atom. The van der Waals surface area contributed by atoms with Crippen molar-refractivity contribution in [2.75, 3.05) is 0 Å². The van der Waals surface area contributed by atoms with Gasteiger partial charge in [0.2, 0.25) is 0 Å². The molecule has 1 unspecified atom stereocenters. The van der Waals surface area contributed by atoms with Gasteiger partial charge in [-0.1, -0.05) is 35.9 Å². The number of benzene rings is 2. The van der Waals surface area contributed by atoms with Crippen LogP contribution in [0.1, 0.15) is 28.4 Å². The van der Waals surface area contributed by atoms with Gasteiger partial charge in [-0.25, -0.2) is 0 Å². The third-order valence-corrected chi connectivity index (χ3v) is 3.31. The van der Waals surface area contributed by atoms with Crippen LogP contribution in [0.4, 0.5) is 13.2 Å². The van der Waals surface area contributed by atoms with Gasteiger partial charge in [-0.3, -0.25) is 0 Å². The molecule has 1 N–H and O–H groups in total. The predicted molar refractivity (Wildman–Crippen MR) is 71.7 cm³/mol. The van der Waals surface area contributed by atoms with Gasteiger partial charge in [0.05, 0.1) is 5.56 Å². The molecule has 0 radical (unpaired) electrons. The Hall–Kier alpha value is -1.52. The topological polar surface area (TPSA) is 20.2 Å². The highest BCUT2D eigenvalue weighted by molar-refractivity contribution is 6.31. The second-order valence-electron chi connectivity index (χ2n) is 4.55. The Bertz CT molecular complexity index is 623. The van der Waals surface area contributed by atoms with Crippen molar-refractivity contribution in [2.24, 2.45) is 0 Å². The molecule has 0 bridgehead atoms. The number of rotatable bonds is 2. The first-order chi connectivity index (χ1) is 9.29. The normalized spacial score (nSPS) is 13.3. The van der Waals surface area contributed by atoms with Crippen molar-refractivity contribution in [3.05, 3.63) is 69.7 Å². The van der Waals surface area contributed by atoms with Crippen LogP contribution < -0.4 is 0 Å². The summed E-state index contributed by atoms with van der Waals surface area (Å²) in [6.45, 7) is 1.84. The average molecular weight is 301 g/mol. The molecule has 2 aromatic carbocycles.